The zero-order valence-electron chi connectivity index (χ0n) is 17.7. The largest absolute Gasteiger partial charge is 0.496 e. The Labute approximate surface area is 190 Å². The van der Waals surface area contributed by atoms with E-state index in [4.69, 9.17) is 4.74 Å². The lowest BCUT2D eigenvalue weighted by atomic mass is 10.0. The minimum Gasteiger partial charge on any atom is -0.496 e. The van der Waals surface area contributed by atoms with Crippen LogP contribution in [0.25, 0.3) is 0 Å². The third kappa shape index (κ3) is 4.28. The normalized spacial score (nSPS) is 15.1. The molecule has 2 aromatic carbocycles. The fourth-order valence-electron chi connectivity index (χ4n) is 3.86. The van der Waals surface area contributed by atoms with Crippen LogP contribution >= 0.6 is 11.3 Å². The van der Waals surface area contributed by atoms with Crippen LogP contribution in [0.3, 0.4) is 0 Å². The molecule has 4 rings (SSSR count). The highest BCUT2D eigenvalue weighted by Crippen LogP contribution is 2.31. The lowest BCUT2D eigenvalue weighted by Crippen LogP contribution is -2.37. The Morgan fingerprint density at radius 1 is 1.19 bits per heavy atom. The van der Waals surface area contributed by atoms with Crippen molar-refractivity contribution in [2.24, 2.45) is 0 Å². The van der Waals surface area contributed by atoms with Gasteiger partial charge >= 0.3 is 0 Å². The first kappa shape index (κ1) is 22.4. The van der Waals surface area contributed by atoms with Gasteiger partial charge in [-0.25, -0.2) is 12.8 Å². The van der Waals surface area contributed by atoms with E-state index in [-0.39, 0.29) is 16.3 Å². The molecule has 0 aliphatic carbocycles. The number of thiophene rings is 1. The quantitative estimate of drug-likeness (QED) is 0.583. The van der Waals surface area contributed by atoms with E-state index in [2.05, 4.69) is 5.32 Å². The molecule has 32 heavy (non-hydrogen) atoms. The number of fused-ring (bicyclic) bond motifs is 1. The number of carbonyl (C=O) groups is 1. The topological polar surface area (TPSA) is 75.7 Å². The van der Waals surface area contributed by atoms with Crippen molar-refractivity contribution < 1.29 is 22.3 Å². The highest BCUT2D eigenvalue weighted by molar-refractivity contribution is 7.89. The standard InChI is InChI=1S/C23H23FN2O4S2/c1-15(19-13-18(24)7-8-20(19)30-2)25-23(27)22-21(10-12-31-22)32(28,29)26-11-9-16-5-3-4-6-17(16)14-26/h3-8,10,12-13,15H,9,11,14H2,1-2H3,(H,25,27). The van der Waals surface area contributed by atoms with Crippen LogP contribution in [0.15, 0.2) is 58.8 Å². The van der Waals surface area contributed by atoms with Crippen molar-refractivity contribution >= 4 is 27.3 Å². The Kier molecular flexibility index (Phi) is 6.32. The number of sulfonamides is 1. The van der Waals surface area contributed by atoms with Gasteiger partial charge in [0.2, 0.25) is 10.0 Å². The molecule has 1 unspecified atom stereocenters. The Morgan fingerprint density at radius 3 is 2.69 bits per heavy atom. The van der Waals surface area contributed by atoms with Gasteiger partial charge in [-0.2, -0.15) is 4.31 Å². The van der Waals surface area contributed by atoms with E-state index < -0.39 is 27.8 Å². The molecule has 1 aliphatic rings. The van der Waals surface area contributed by atoms with Gasteiger partial charge in [0.05, 0.1) is 13.2 Å². The van der Waals surface area contributed by atoms with Crippen LogP contribution in [-0.4, -0.2) is 32.3 Å². The molecule has 0 fully saturated rings. The van der Waals surface area contributed by atoms with E-state index in [9.17, 15) is 17.6 Å². The third-order valence-corrected chi connectivity index (χ3v) is 8.48. The predicted octanol–water partition coefficient (Wildman–Crippen LogP) is 4.13. The van der Waals surface area contributed by atoms with Crippen molar-refractivity contribution in [1.29, 1.82) is 0 Å². The number of benzene rings is 2. The van der Waals surface area contributed by atoms with Crippen molar-refractivity contribution in [2.75, 3.05) is 13.7 Å². The van der Waals surface area contributed by atoms with Crippen molar-refractivity contribution in [3.05, 3.63) is 81.3 Å². The molecule has 168 valence electrons. The number of hydrogen-bond donors (Lipinski definition) is 1. The van der Waals surface area contributed by atoms with E-state index in [0.717, 1.165) is 22.5 Å². The van der Waals surface area contributed by atoms with Gasteiger partial charge in [0.25, 0.3) is 5.91 Å². The zero-order valence-corrected chi connectivity index (χ0v) is 19.3. The Hall–Kier alpha value is -2.75. The molecule has 0 bridgehead atoms. The summed E-state index contributed by atoms with van der Waals surface area (Å²) in [5.41, 5.74) is 2.57. The summed E-state index contributed by atoms with van der Waals surface area (Å²) >= 11 is 1.06. The van der Waals surface area contributed by atoms with Gasteiger partial charge < -0.3 is 10.1 Å². The Balaban J connectivity index is 1.57. The molecule has 0 saturated heterocycles. The highest BCUT2D eigenvalue weighted by atomic mass is 32.2. The molecule has 2 heterocycles. The second-order valence-corrected chi connectivity index (χ2v) is 10.4. The van der Waals surface area contributed by atoms with Crippen molar-refractivity contribution in [3.63, 3.8) is 0 Å². The summed E-state index contributed by atoms with van der Waals surface area (Å²) in [5, 5.41) is 4.36. The maximum absolute atomic E-state index is 13.7. The summed E-state index contributed by atoms with van der Waals surface area (Å²) in [6, 6.07) is 12.7. The molecule has 9 heteroatoms. The minimum absolute atomic E-state index is 0.0159. The van der Waals surface area contributed by atoms with Crippen LogP contribution in [0.1, 0.15) is 39.3 Å². The molecule has 1 atom stereocenters. The molecule has 1 aliphatic heterocycles. The van der Waals surface area contributed by atoms with Gasteiger partial charge in [-0.1, -0.05) is 24.3 Å². The maximum Gasteiger partial charge on any atom is 0.263 e. The number of nitrogens with one attached hydrogen (secondary N) is 1. The average molecular weight is 475 g/mol. The zero-order chi connectivity index (χ0) is 22.9. The fourth-order valence-corrected chi connectivity index (χ4v) is 6.59. The van der Waals surface area contributed by atoms with Crippen molar-refractivity contribution in [1.82, 2.24) is 9.62 Å². The van der Waals surface area contributed by atoms with Crippen LogP contribution in [0.5, 0.6) is 5.75 Å². The Morgan fingerprint density at radius 2 is 1.94 bits per heavy atom. The molecular weight excluding hydrogens is 451 g/mol. The van der Waals surface area contributed by atoms with Gasteiger partial charge in [0.15, 0.2) is 0 Å². The number of nitrogens with zero attached hydrogens (tertiary/aromatic N) is 1. The van der Waals surface area contributed by atoms with Crippen LogP contribution in [0.2, 0.25) is 0 Å². The monoisotopic (exact) mass is 474 g/mol. The molecule has 3 aromatic rings. The van der Waals surface area contributed by atoms with E-state index in [0.29, 0.717) is 24.3 Å². The summed E-state index contributed by atoms with van der Waals surface area (Å²) in [6.07, 6.45) is 0.622. The van der Waals surface area contributed by atoms with Gasteiger partial charge in [-0.05, 0) is 54.1 Å². The molecular formula is C23H23FN2O4S2. The number of ether oxygens (including phenoxy) is 1. The maximum atomic E-state index is 13.7. The predicted molar refractivity (Wildman–Crippen MR) is 121 cm³/mol. The minimum atomic E-state index is -3.86. The fraction of sp³-hybridized carbons (Fsp3) is 0.261. The lowest BCUT2D eigenvalue weighted by Gasteiger charge is -2.28. The average Bonchev–Trinajstić information content (AvgIpc) is 3.30. The number of rotatable bonds is 6. The first-order chi connectivity index (χ1) is 15.3. The van der Waals surface area contributed by atoms with Gasteiger partial charge in [-0.15, -0.1) is 11.3 Å². The van der Waals surface area contributed by atoms with Crippen LogP contribution in [-0.2, 0) is 23.0 Å². The number of methoxy groups -OCH3 is 1. The van der Waals surface area contributed by atoms with E-state index in [1.807, 2.05) is 24.3 Å². The highest BCUT2D eigenvalue weighted by Gasteiger charge is 2.32. The molecule has 1 N–H and O–H groups in total. The smallest absolute Gasteiger partial charge is 0.263 e. The van der Waals surface area contributed by atoms with E-state index in [1.165, 1.54) is 35.7 Å². The number of hydrogen-bond acceptors (Lipinski definition) is 5. The van der Waals surface area contributed by atoms with Crippen molar-refractivity contribution in [2.45, 2.75) is 30.8 Å². The van der Waals surface area contributed by atoms with Gasteiger partial charge in [-0.3, -0.25) is 4.79 Å². The first-order valence-corrected chi connectivity index (χ1v) is 12.4. The molecule has 1 amide bonds. The molecule has 6 nitrogen and oxygen atoms in total. The van der Waals surface area contributed by atoms with Crippen molar-refractivity contribution in [3.8, 4) is 5.75 Å². The summed E-state index contributed by atoms with van der Waals surface area (Å²) in [5.74, 6) is -0.549. The lowest BCUT2D eigenvalue weighted by molar-refractivity contribution is 0.0940. The number of carbonyl (C=O) groups excluding carboxylic acids is 1. The second kappa shape index (κ2) is 9.01. The SMILES string of the molecule is COc1ccc(F)cc1C(C)NC(=O)c1sccc1S(=O)(=O)N1CCc2ccccc2C1. The second-order valence-electron chi connectivity index (χ2n) is 7.55. The van der Waals surface area contributed by atoms with Crippen LogP contribution in [0.4, 0.5) is 4.39 Å². The molecule has 0 radical (unpaired) electrons. The summed E-state index contributed by atoms with van der Waals surface area (Å²) < 4.78 is 47.1. The van der Waals surface area contributed by atoms with E-state index >= 15 is 0 Å². The molecule has 1 aromatic heterocycles. The molecule has 0 spiro atoms. The summed E-state index contributed by atoms with van der Waals surface area (Å²) in [4.78, 5) is 13.1. The summed E-state index contributed by atoms with van der Waals surface area (Å²) in [7, 11) is -2.39. The van der Waals surface area contributed by atoms with Gasteiger partial charge in [0, 0.05) is 18.7 Å². The Bertz CT molecular complexity index is 1260. The third-order valence-electron chi connectivity index (χ3n) is 5.55. The van der Waals surface area contributed by atoms with Crippen LogP contribution in [0, 0.1) is 5.82 Å². The van der Waals surface area contributed by atoms with Crippen LogP contribution < -0.4 is 10.1 Å². The van der Waals surface area contributed by atoms with E-state index in [1.54, 1.807) is 12.3 Å². The first-order valence-electron chi connectivity index (χ1n) is 10.1. The molecule has 0 saturated carbocycles. The number of amides is 1. The summed E-state index contributed by atoms with van der Waals surface area (Å²) in [6.45, 7) is 2.32. The van der Waals surface area contributed by atoms with Gasteiger partial charge in [0.1, 0.15) is 21.3 Å². The number of halogens is 1.